The summed E-state index contributed by atoms with van der Waals surface area (Å²) >= 11 is 0. The Hall–Kier alpha value is -0.640. The van der Waals surface area contributed by atoms with Crippen LogP contribution in [0.5, 0.6) is 0 Å². The fourth-order valence-corrected chi connectivity index (χ4v) is 0.649. The van der Waals surface area contributed by atoms with Crippen LogP contribution in [0.3, 0.4) is 0 Å². The van der Waals surface area contributed by atoms with E-state index in [1.54, 1.807) is 6.92 Å². The van der Waals surface area contributed by atoms with Crippen LogP contribution in [-0.4, -0.2) is 5.97 Å². The van der Waals surface area contributed by atoms with Crippen molar-refractivity contribution >= 4 is 13.6 Å². The van der Waals surface area contributed by atoms with Gasteiger partial charge in [-0.3, -0.25) is 0 Å². The zero-order chi connectivity index (χ0) is 8.20. The fourth-order valence-electron chi connectivity index (χ4n) is 0.307. The van der Waals surface area contributed by atoms with Gasteiger partial charge >= 0.3 is 13.6 Å². The van der Waals surface area contributed by atoms with Gasteiger partial charge in [0.15, 0.2) is 0 Å². The molecule has 0 radical (unpaired) electrons. The van der Waals surface area contributed by atoms with Crippen LogP contribution in [0.25, 0.3) is 0 Å². The molecule has 0 aromatic heterocycles. The second kappa shape index (κ2) is 3.51. The summed E-state index contributed by atoms with van der Waals surface area (Å²) < 4.78 is 14.4. The van der Waals surface area contributed by atoms with Crippen molar-refractivity contribution in [2.24, 2.45) is 11.0 Å². The van der Waals surface area contributed by atoms with Crippen molar-refractivity contribution in [3.63, 3.8) is 0 Å². The molecule has 0 fully saturated rings. The molecule has 6 heteroatoms. The molecule has 4 N–H and O–H groups in total. The summed E-state index contributed by atoms with van der Waals surface area (Å²) in [6.45, 7) is 1.61. The van der Waals surface area contributed by atoms with Gasteiger partial charge in [-0.05, 0) is 6.92 Å². The van der Waals surface area contributed by atoms with Gasteiger partial charge in [0.1, 0.15) is 0 Å². The lowest BCUT2D eigenvalue weighted by Crippen LogP contribution is -2.11. The van der Waals surface area contributed by atoms with E-state index in [-0.39, 0.29) is 0 Å². The van der Waals surface area contributed by atoms with Gasteiger partial charge in [0.25, 0.3) is 0 Å². The second-order valence-electron chi connectivity index (χ2n) is 1.56. The quantitative estimate of drug-likeness (QED) is 0.446. The van der Waals surface area contributed by atoms with Gasteiger partial charge in [-0.1, -0.05) is 6.08 Å². The molecule has 0 atom stereocenters. The lowest BCUT2D eigenvalue weighted by Gasteiger charge is -2.03. The number of hydrogen-bond acceptors (Lipinski definition) is 3. The third-order valence-corrected chi connectivity index (χ3v) is 1.00. The lowest BCUT2D eigenvalue weighted by atomic mass is 10.5. The maximum absolute atomic E-state index is 10.4. The lowest BCUT2D eigenvalue weighted by molar-refractivity contribution is -0.128. The summed E-state index contributed by atoms with van der Waals surface area (Å²) in [6.07, 6.45) is 2.50. The van der Waals surface area contributed by atoms with Crippen molar-refractivity contribution < 1.29 is 13.9 Å². The highest BCUT2D eigenvalue weighted by Crippen LogP contribution is 2.26. The molecule has 0 bridgehead atoms. The minimum absolute atomic E-state index is 0.796. The Labute approximate surface area is 58.6 Å². The van der Waals surface area contributed by atoms with Crippen LogP contribution in [0.4, 0.5) is 0 Å². The van der Waals surface area contributed by atoms with Crippen molar-refractivity contribution in [3.8, 4) is 0 Å². The minimum atomic E-state index is -3.65. The van der Waals surface area contributed by atoms with Gasteiger partial charge in [0, 0.05) is 6.08 Å². The van der Waals surface area contributed by atoms with Crippen LogP contribution >= 0.6 is 7.67 Å². The van der Waals surface area contributed by atoms with Crippen molar-refractivity contribution in [1.82, 2.24) is 0 Å². The average Bonchev–Trinajstić information content (AvgIpc) is 1.59. The highest BCUT2D eigenvalue weighted by Gasteiger charge is 2.12. The number of carbonyl (C=O) groups excluding carboxylic acids is 1. The highest BCUT2D eigenvalue weighted by molar-refractivity contribution is 7.54. The van der Waals surface area contributed by atoms with Crippen molar-refractivity contribution in [2.45, 2.75) is 6.92 Å². The first-order valence-electron chi connectivity index (χ1n) is 2.49. The standard InChI is InChI=1S/C4H9N2O3P/c1-2-3-4(7)9-10(5,6)8/h2-3H,1H3,(H4,5,6,8)/b3-2+. The number of nitrogens with two attached hydrogens (primary N) is 2. The van der Waals surface area contributed by atoms with Crippen molar-refractivity contribution in [2.75, 3.05) is 0 Å². The molecule has 5 nitrogen and oxygen atoms in total. The zero-order valence-corrected chi connectivity index (χ0v) is 6.38. The summed E-state index contributed by atoms with van der Waals surface area (Å²) in [5.74, 6) is -0.796. The zero-order valence-electron chi connectivity index (χ0n) is 5.48. The molecule has 0 unspecified atom stereocenters. The minimum Gasteiger partial charge on any atom is -0.386 e. The molecule has 0 spiro atoms. The monoisotopic (exact) mass is 164 g/mol. The van der Waals surface area contributed by atoms with Crippen LogP contribution < -0.4 is 11.0 Å². The van der Waals surface area contributed by atoms with Crippen LogP contribution in [0, 0.1) is 0 Å². The van der Waals surface area contributed by atoms with E-state index >= 15 is 0 Å². The molecule has 10 heavy (non-hydrogen) atoms. The van der Waals surface area contributed by atoms with E-state index < -0.39 is 13.6 Å². The predicted molar refractivity (Wildman–Crippen MR) is 36.9 cm³/mol. The molecule has 0 saturated heterocycles. The Morgan fingerprint density at radius 2 is 2.10 bits per heavy atom. The van der Waals surface area contributed by atoms with E-state index in [9.17, 15) is 9.36 Å². The molecule has 0 aromatic rings. The van der Waals surface area contributed by atoms with E-state index in [0.29, 0.717) is 0 Å². The SMILES string of the molecule is C/C=C/C(=O)OP(N)(N)=O. The maximum atomic E-state index is 10.4. The maximum Gasteiger partial charge on any atom is 0.387 e. The van der Waals surface area contributed by atoms with Gasteiger partial charge in [-0.15, -0.1) is 0 Å². The van der Waals surface area contributed by atoms with Gasteiger partial charge in [-0.25, -0.2) is 20.4 Å². The number of rotatable bonds is 2. The van der Waals surface area contributed by atoms with Gasteiger partial charge in [-0.2, -0.15) is 0 Å². The molecule has 0 aliphatic heterocycles. The predicted octanol–water partition coefficient (Wildman–Crippen LogP) is 0.131. The molecule has 0 aliphatic carbocycles. The van der Waals surface area contributed by atoms with E-state index in [4.69, 9.17) is 11.0 Å². The molecule has 0 aliphatic rings. The van der Waals surface area contributed by atoms with Gasteiger partial charge < -0.3 is 4.52 Å². The molecule has 58 valence electrons. The molecule has 0 aromatic carbocycles. The Morgan fingerprint density at radius 1 is 1.60 bits per heavy atom. The largest absolute Gasteiger partial charge is 0.387 e. The van der Waals surface area contributed by atoms with E-state index in [1.165, 1.54) is 6.08 Å². The summed E-state index contributed by atoms with van der Waals surface area (Å²) in [6, 6.07) is 0. The topological polar surface area (TPSA) is 95.4 Å². The Bertz CT molecular complexity index is 195. The first-order chi connectivity index (χ1) is 4.45. The van der Waals surface area contributed by atoms with E-state index in [2.05, 4.69) is 4.52 Å². The van der Waals surface area contributed by atoms with Crippen LogP contribution in [-0.2, 0) is 13.9 Å². The van der Waals surface area contributed by atoms with Crippen molar-refractivity contribution in [3.05, 3.63) is 12.2 Å². The smallest absolute Gasteiger partial charge is 0.386 e. The molecule has 0 saturated carbocycles. The Morgan fingerprint density at radius 3 is 2.40 bits per heavy atom. The average molecular weight is 164 g/mol. The normalized spacial score (nSPS) is 11.9. The summed E-state index contributed by atoms with van der Waals surface area (Å²) in [5.41, 5.74) is 9.45. The summed E-state index contributed by atoms with van der Waals surface area (Å²) in [4.78, 5) is 10.4. The first kappa shape index (κ1) is 9.36. The number of carbonyl (C=O) groups is 1. The van der Waals surface area contributed by atoms with E-state index in [1.807, 2.05) is 0 Å². The van der Waals surface area contributed by atoms with Gasteiger partial charge in [0.05, 0.1) is 0 Å². The van der Waals surface area contributed by atoms with Crippen LogP contribution in [0.2, 0.25) is 0 Å². The fraction of sp³-hybridized carbons (Fsp3) is 0.250. The highest BCUT2D eigenvalue weighted by atomic mass is 31.2. The number of hydrogen-bond donors (Lipinski definition) is 2. The van der Waals surface area contributed by atoms with Crippen molar-refractivity contribution in [1.29, 1.82) is 0 Å². The molecular formula is C4H9N2O3P. The molecule has 0 heterocycles. The summed E-state index contributed by atoms with van der Waals surface area (Å²) in [5, 5.41) is 0. The Balaban J connectivity index is 3.93. The molecule has 0 rings (SSSR count). The third-order valence-electron chi connectivity index (χ3n) is 0.535. The Kier molecular flexibility index (Phi) is 3.28. The second-order valence-corrected chi connectivity index (χ2v) is 3.03. The van der Waals surface area contributed by atoms with Crippen LogP contribution in [0.15, 0.2) is 12.2 Å². The van der Waals surface area contributed by atoms with Gasteiger partial charge in [0.2, 0.25) is 0 Å². The molecule has 0 amide bonds. The molecular weight excluding hydrogens is 155 g/mol. The summed E-state index contributed by atoms with van der Waals surface area (Å²) in [7, 11) is -3.65. The van der Waals surface area contributed by atoms with E-state index in [0.717, 1.165) is 6.08 Å². The first-order valence-corrected chi connectivity index (χ1v) is 4.25. The van der Waals surface area contributed by atoms with Crippen LogP contribution in [0.1, 0.15) is 6.92 Å². The third kappa shape index (κ3) is 5.50. The number of allylic oxidation sites excluding steroid dienone is 1.